The lowest BCUT2D eigenvalue weighted by Crippen LogP contribution is -2.54. The molecule has 2 aliphatic rings. The molecule has 2 aromatic heterocycles. The van der Waals surface area contributed by atoms with Crippen molar-refractivity contribution in [3.05, 3.63) is 66.4 Å². The number of hydrogen-bond donors (Lipinski definition) is 0. The van der Waals surface area contributed by atoms with E-state index < -0.39 is 10.0 Å². The van der Waals surface area contributed by atoms with Gasteiger partial charge in [-0.05, 0) is 69.2 Å². The molecule has 37 heavy (non-hydrogen) atoms. The van der Waals surface area contributed by atoms with E-state index >= 15 is 0 Å². The summed E-state index contributed by atoms with van der Waals surface area (Å²) in [7, 11) is -3.64. The Labute approximate surface area is 216 Å². The van der Waals surface area contributed by atoms with Gasteiger partial charge in [-0.2, -0.15) is 14.5 Å². The van der Waals surface area contributed by atoms with Crippen molar-refractivity contribution in [3.8, 4) is 5.69 Å². The summed E-state index contributed by atoms with van der Waals surface area (Å²) in [4.78, 5) is 2.55. The van der Waals surface area contributed by atoms with Crippen molar-refractivity contribution in [2.75, 3.05) is 24.5 Å². The van der Waals surface area contributed by atoms with Crippen molar-refractivity contribution < 1.29 is 12.8 Å². The second-order valence-corrected chi connectivity index (χ2v) is 12.0. The van der Waals surface area contributed by atoms with Crippen LogP contribution in [0.3, 0.4) is 0 Å². The SMILES string of the molecule is Cc1nn(C2CCCC2)cc1S(=O)(=O)N1CCN(c2ccc3c(cnn3-c3ccc(F)cc3)c2)CC1C. The molecule has 194 valence electrons. The van der Waals surface area contributed by atoms with Gasteiger partial charge in [0.05, 0.1) is 29.1 Å². The first-order valence-electron chi connectivity index (χ1n) is 12.9. The van der Waals surface area contributed by atoms with Gasteiger partial charge in [0, 0.05) is 42.9 Å². The molecule has 1 unspecified atom stereocenters. The zero-order valence-electron chi connectivity index (χ0n) is 21.1. The van der Waals surface area contributed by atoms with Crippen LogP contribution >= 0.6 is 0 Å². The summed E-state index contributed by atoms with van der Waals surface area (Å²) in [6, 6.07) is 12.5. The molecule has 1 aliphatic carbocycles. The maximum absolute atomic E-state index is 13.6. The Kier molecular flexibility index (Phi) is 6.03. The van der Waals surface area contributed by atoms with Gasteiger partial charge in [-0.15, -0.1) is 0 Å². The molecule has 8 nitrogen and oxygen atoms in total. The van der Waals surface area contributed by atoms with E-state index in [9.17, 15) is 12.8 Å². The Hall–Kier alpha value is -3.24. The number of benzene rings is 2. The number of hydrogen-bond acceptors (Lipinski definition) is 5. The lowest BCUT2D eigenvalue weighted by atomic mass is 10.1. The molecule has 0 spiro atoms. The van der Waals surface area contributed by atoms with E-state index in [2.05, 4.69) is 21.2 Å². The highest BCUT2D eigenvalue weighted by atomic mass is 32.2. The maximum atomic E-state index is 13.6. The molecule has 2 aromatic carbocycles. The second kappa shape index (κ2) is 9.25. The highest BCUT2D eigenvalue weighted by Crippen LogP contribution is 2.32. The van der Waals surface area contributed by atoms with Crippen LogP contribution in [0, 0.1) is 12.7 Å². The lowest BCUT2D eigenvalue weighted by Gasteiger charge is -2.40. The van der Waals surface area contributed by atoms with Gasteiger partial charge < -0.3 is 4.90 Å². The first-order valence-corrected chi connectivity index (χ1v) is 14.3. The van der Waals surface area contributed by atoms with E-state index in [-0.39, 0.29) is 11.9 Å². The van der Waals surface area contributed by atoms with E-state index in [0.717, 1.165) is 35.1 Å². The van der Waals surface area contributed by atoms with Gasteiger partial charge in [0.25, 0.3) is 0 Å². The third-order valence-electron chi connectivity index (χ3n) is 7.71. The summed E-state index contributed by atoms with van der Waals surface area (Å²) in [6.07, 6.45) is 8.00. The molecule has 0 amide bonds. The molecule has 1 atom stereocenters. The summed E-state index contributed by atoms with van der Waals surface area (Å²) in [5.74, 6) is -0.282. The summed E-state index contributed by atoms with van der Waals surface area (Å²) in [5.41, 5.74) is 3.33. The fourth-order valence-corrected chi connectivity index (χ4v) is 7.51. The molecule has 0 bridgehead atoms. The molecule has 3 heterocycles. The highest BCUT2D eigenvalue weighted by molar-refractivity contribution is 7.89. The highest BCUT2D eigenvalue weighted by Gasteiger charge is 2.36. The number of nitrogens with zero attached hydrogens (tertiary/aromatic N) is 6. The Morgan fingerprint density at radius 3 is 2.46 bits per heavy atom. The number of piperazine rings is 1. The molecule has 0 N–H and O–H groups in total. The topological polar surface area (TPSA) is 76.3 Å². The van der Waals surface area contributed by atoms with Gasteiger partial charge in [0.2, 0.25) is 10.0 Å². The Morgan fingerprint density at radius 1 is 1.00 bits per heavy atom. The monoisotopic (exact) mass is 522 g/mol. The van der Waals surface area contributed by atoms with Crippen molar-refractivity contribution in [3.63, 3.8) is 0 Å². The van der Waals surface area contributed by atoms with Crippen LogP contribution in [0.1, 0.15) is 44.3 Å². The smallest absolute Gasteiger partial charge is 0.246 e. The first-order chi connectivity index (χ1) is 17.8. The van der Waals surface area contributed by atoms with E-state index in [0.29, 0.717) is 36.3 Å². The predicted octanol–water partition coefficient (Wildman–Crippen LogP) is 4.68. The Morgan fingerprint density at radius 2 is 1.73 bits per heavy atom. The Bertz CT molecular complexity index is 1540. The third-order valence-corrected chi connectivity index (χ3v) is 9.83. The van der Waals surface area contributed by atoms with Crippen LogP contribution in [0.2, 0.25) is 0 Å². The van der Waals surface area contributed by atoms with Gasteiger partial charge in [0.1, 0.15) is 10.7 Å². The first kappa shape index (κ1) is 24.1. The van der Waals surface area contributed by atoms with Crippen molar-refractivity contribution in [2.45, 2.75) is 56.5 Å². The van der Waals surface area contributed by atoms with Gasteiger partial charge >= 0.3 is 0 Å². The number of aryl methyl sites for hydroxylation is 1. The number of fused-ring (bicyclic) bond motifs is 1. The Balaban J connectivity index is 1.20. The number of halogens is 1. The van der Waals surface area contributed by atoms with Crippen LogP contribution in [0.15, 0.2) is 59.8 Å². The van der Waals surface area contributed by atoms with Crippen molar-refractivity contribution in [1.29, 1.82) is 0 Å². The molecule has 1 aliphatic heterocycles. The summed E-state index contributed by atoms with van der Waals surface area (Å²) < 4.78 is 45.9. The summed E-state index contributed by atoms with van der Waals surface area (Å²) >= 11 is 0. The van der Waals surface area contributed by atoms with E-state index in [1.54, 1.807) is 40.4 Å². The van der Waals surface area contributed by atoms with Gasteiger partial charge in [-0.25, -0.2) is 17.5 Å². The quantitative estimate of drug-likeness (QED) is 0.380. The normalized spacial score (nSPS) is 19.8. The van der Waals surface area contributed by atoms with Crippen molar-refractivity contribution >= 4 is 26.6 Å². The van der Waals surface area contributed by atoms with E-state index in [1.807, 2.05) is 23.7 Å². The van der Waals surface area contributed by atoms with Gasteiger partial charge in [-0.1, -0.05) is 12.8 Å². The maximum Gasteiger partial charge on any atom is 0.246 e. The number of rotatable bonds is 5. The molecule has 10 heteroatoms. The van der Waals surface area contributed by atoms with Crippen LogP contribution in [0.5, 0.6) is 0 Å². The minimum atomic E-state index is -3.64. The molecule has 0 radical (unpaired) electrons. The largest absolute Gasteiger partial charge is 0.369 e. The standard InChI is InChI=1S/C27H31FN6O2S/c1-19-17-31(25-11-12-26-21(15-25)16-29-34(26)24-9-7-22(28)8-10-24)13-14-33(19)37(35,36)27-18-32(30-20(27)2)23-5-3-4-6-23/h7-12,15-16,18-19,23H,3-6,13-14,17H2,1-2H3. The van der Waals surface area contributed by atoms with Gasteiger partial charge in [-0.3, -0.25) is 4.68 Å². The van der Waals surface area contributed by atoms with Crippen molar-refractivity contribution in [2.24, 2.45) is 0 Å². The summed E-state index contributed by atoms with van der Waals surface area (Å²) in [5, 5.41) is 10.0. The zero-order valence-corrected chi connectivity index (χ0v) is 21.9. The second-order valence-electron chi connectivity index (χ2n) is 10.2. The van der Waals surface area contributed by atoms with Gasteiger partial charge in [0.15, 0.2) is 0 Å². The molecular formula is C27H31FN6O2S. The molecule has 6 rings (SSSR count). The molecule has 2 fully saturated rings. The van der Waals surface area contributed by atoms with Crippen LogP contribution in [0.4, 0.5) is 10.1 Å². The minimum absolute atomic E-state index is 0.189. The predicted molar refractivity (Wildman–Crippen MR) is 141 cm³/mol. The minimum Gasteiger partial charge on any atom is -0.369 e. The van der Waals surface area contributed by atoms with Crippen LogP contribution < -0.4 is 4.90 Å². The van der Waals surface area contributed by atoms with Crippen LogP contribution in [0.25, 0.3) is 16.6 Å². The molecule has 1 saturated carbocycles. The molecule has 1 saturated heterocycles. The number of sulfonamides is 1. The van der Waals surface area contributed by atoms with E-state index in [1.165, 1.54) is 25.0 Å². The lowest BCUT2D eigenvalue weighted by molar-refractivity contribution is 0.306. The molecule has 4 aromatic rings. The average molecular weight is 523 g/mol. The van der Waals surface area contributed by atoms with E-state index in [4.69, 9.17) is 0 Å². The zero-order chi connectivity index (χ0) is 25.7. The molecular weight excluding hydrogens is 491 g/mol. The fourth-order valence-electron chi connectivity index (χ4n) is 5.74. The number of aromatic nitrogens is 4. The van der Waals surface area contributed by atoms with Crippen LogP contribution in [-0.4, -0.2) is 58.0 Å². The number of anilines is 1. The third kappa shape index (κ3) is 4.31. The average Bonchev–Trinajstić information content (AvgIpc) is 3.64. The fraction of sp³-hybridized carbons (Fsp3) is 0.407. The van der Waals surface area contributed by atoms with Crippen molar-refractivity contribution in [1.82, 2.24) is 23.9 Å². The van der Waals surface area contributed by atoms with Crippen LogP contribution in [-0.2, 0) is 10.0 Å². The summed E-state index contributed by atoms with van der Waals surface area (Å²) in [6.45, 7) is 5.35.